The Kier molecular flexibility index (Phi) is 4.42. The molecular weight excluding hydrogens is 392 g/mol. The molecule has 1 amide bonds. The molecule has 1 unspecified atom stereocenters. The third-order valence-corrected chi connectivity index (χ3v) is 7.90. The van der Waals surface area contributed by atoms with Gasteiger partial charge in [-0.3, -0.25) is 4.79 Å². The first-order chi connectivity index (χ1) is 13.0. The Hall–Kier alpha value is -1.81. The molecule has 10 heteroatoms. The molecule has 1 aromatic heterocycles. The van der Waals surface area contributed by atoms with E-state index in [-0.39, 0.29) is 23.1 Å². The zero-order valence-corrected chi connectivity index (χ0v) is 16.5. The van der Waals surface area contributed by atoms with Crippen LogP contribution in [0.4, 0.5) is 14.5 Å². The zero-order chi connectivity index (χ0) is 20.2. The lowest BCUT2D eigenvalue weighted by molar-refractivity contribution is -0.0265. The molecule has 3 heterocycles. The minimum absolute atomic E-state index is 0.0227. The molecule has 7 nitrogen and oxygen atoms in total. The number of carbonyl (C=O) groups is 1. The predicted molar refractivity (Wildman–Crippen MR) is 102 cm³/mol. The largest absolute Gasteiger partial charge is 0.476 e. The highest BCUT2D eigenvalue weighted by atomic mass is 32.3. The van der Waals surface area contributed by atoms with Crippen LogP contribution in [-0.4, -0.2) is 69.1 Å². The molecule has 1 aliphatic carbocycles. The molecule has 1 atom stereocenters. The van der Waals surface area contributed by atoms with E-state index in [4.69, 9.17) is 4.74 Å². The Morgan fingerprint density at radius 1 is 1.39 bits per heavy atom. The minimum Gasteiger partial charge on any atom is -0.476 e. The SMILES string of the molecule is CS1(=O)(O)CCC(NC(=O)c2ccc(N3CC(F)(F)C3)c(OCC3CC3)n2)C1. The molecule has 2 N–H and O–H groups in total. The molecule has 2 saturated heterocycles. The molecule has 2 aliphatic heterocycles. The van der Waals surface area contributed by atoms with Crippen molar-refractivity contribution >= 4 is 20.9 Å². The van der Waals surface area contributed by atoms with E-state index in [1.165, 1.54) is 17.2 Å². The van der Waals surface area contributed by atoms with Gasteiger partial charge in [-0.2, -0.15) is 9.35 Å². The summed E-state index contributed by atoms with van der Waals surface area (Å²) in [7, 11) is -3.64. The molecule has 3 aliphatic rings. The van der Waals surface area contributed by atoms with Crippen molar-refractivity contribution in [3.8, 4) is 5.88 Å². The van der Waals surface area contributed by atoms with Gasteiger partial charge in [0.25, 0.3) is 11.8 Å². The summed E-state index contributed by atoms with van der Waals surface area (Å²) in [5.74, 6) is -2.38. The van der Waals surface area contributed by atoms with Crippen molar-refractivity contribution < 1.29 is 27.1 Å². The van der Waals surface area contributed by atoms with E-state index in [1.807, 2.05) is 0 Å². The molecule has 0 bridgehead atoms. The van der Waals surface area contributed by atoms with Gasteiger partial charge in [0.15, 0.2) is 0 Å². The summed E-state index contributed by atoms with van der Waals surface area (Å²) in [6, 6.07) is 2.65. The summed E-state index contributed by atoms with van der Waals surface area (Å²) < 4.78 is 54.5. The molecule has 28 heavy (non-hydrogen) atoms. The number of carbonyl (C=O) groups excluding carboxylic acids is 1. The molecule has 3 fully saturated rings. The third-order valence-electron chi connectivity index (χ3n) is 5.36. The van der Waals surface area contributed by atoms with Crippen molar-refractivity contribution in [1.29, 1.82) is 0 Å². The number of hydrogen-bond donors (Lipinski definition) is 2. The van der Waals surface area contributed by atoms with E-state index in [9.17, 15) is 22.3 Å². The average molecular weight is 417 g/mol. The number of alkyl halides is 2. The number of anilines is 1. The monoisotopic (exact) mass is 417 g/mol. The maximum Gasteiger partial charge on any atom is 0.282 e. The highest BCUT2D eigenvalue weighted by Gasteiger charge is 2.45. The number of ether oxygens (including phenoxy) is 1. The van der Waals surface area contributed by atoms with Crippen LogP contribution in [0.2, 0.25) is 0 Å². The maximum absolute atomic E-state index is 13.2. The second-order valence-electron chi connectivity index (χ2n) is 8.52. The normalized spacial score (nSPS) is 28.6. The molecule has 0 radical (unpaired) electrons. The van der Waals surface area contributed by atoms with Crippen molar-refractivity contribution in [3.05, 3.63) is 17.8 Å². The summed E-state index contributed by atoms with van der Waals surface area (Å²) in [6.45, 7) is -0.349. The summed E-state index contributed by atoms with van der Waals surface area (Å²) in [5, 5.41) is 2.75. The fourth-order valence-corrected chi connectivity index (χ4v) is 5.91. The van der Waals surface area contributed by atoms with Crippen LogP contribution in [0.5, 0.6) is 5.88 Å². The van der Waals surface area contributed by atoms with Gasteiger partial charge < -0.3 is 19.5 Å². The molecule has 156 valence electrons. The summed E-state index contributed by atoms with van der Waals surface area (Å²) >= 11 is 0. The zero-order valence-electron chi connectivity index (χ0n) is 15.7. The van der Waals surface area contributed by atoms with Gasteiger partial charge in [-0.1, -0.05) is 0 Å². The number of nitrogens with zero attached hydrogens (tertiary/aromatic N) is 2. The quantitative estimate of drug-likeness (QED) is 0.733. The van der Waals surface area contributed by atoms with E-state index in [0.717, 1.165) is 12.8 Å². The Labute approximate surface area is 162 Å². The Balaban J connectivity index is 1.48. The van der Waals surface area contributed by atoms with Crippen LogP contribution in [0.3, 0.4) is 0 Å². The van der Waals surface area contributed by atoms with Crippen LogP contribution in [0.1, 0.15) is 29.8 Å². The van der Waals surface area contributed by atoms with Gasteiger partial charge in [0.1, 0.15) is 11.4 Å². The van der Waals surface area contributed by atoms with Gasteiger partial charge in [0, 0.05) is 18.1 Å². The topological polar surface area (TPSA) is 91.8 Å². The molecular formula is C18H25F2N3O4S. The average Bonchev–Trinajstić information content (AvgIpc) is 3.34. The summed E-state index contributed by atoms with van der Waals surface area (Å²) in [5.41, 5.74) is 0.558. The maximum atomic E-state index is 13.2. The summed E-state index contributed by atoms with van der Waals surface area (Å²) in [6.07, 6.45) is 3.90. The number of aromatic nitrogens is 1. The second kappa shape index (κ2) is 6.35. The second-order valence-corrected chi connectivity index (χ2v) is 12.7. The van der Waals surface area contributed by atoms with E-state index in [2.05, 4.69) is 10.3 Å². The first-order valence-electron chi connectivity index (χ1n) is 9.41. The van der Waals surface area contributed by atoms with Crippen LogP contribution in [0, 0.1) is 5.92 Å². The highest BCUT2D eigenvalue weighted by molar-refractivity contribution is 8.14. The molecule has 0 aromatic carbocycles. The van der Waals surface area contributed by atoms with Crippen LogP contribution >= 0.6 is 0 Å². The standard InChI is InChI=1S/C18H25F2N3O4S/c1-28(25,26)7-6-13(9-28)21-16(24)14-4-5-15(23-10-18(19,20)11-23)17(22-14)27-8-12-2-3-12/h4-5,12-13H,2-3,6-11H2,1H3,(H,21,24)(H,25,26). The molecule has 0 spiro atoms. The fraction of sp³-hybridized carbons (Fsp3) is 0.667. The van der Waals surface area contributed by atoms with E-state index < -0.39 is 40.3 Å². The lowest BCUT2D eigenvalue weighted by atomic mass is 10.1. The summed E-state index contributed by atoms with van der Waals surface area (Å²) in [4.78, 5) is 18.3. The van der Waals surface area contributed by atoms with Crippen molar-refractivity contribution in [2.75, 3.05) is 42.4 Å². The highest BCUT2D eigenvalue weighted by Crippen LogP contribution is 2.38. The minimum atomic E-state index is -3.64. The number of pyridine rings is 1. The van der Waals surface area contributed by atoms with Gasteiger partial charge in [0.2, 0.25) is 5.88 Å². The van der Waals surface area contributed by atoms with Crippen molar-refractivity contribution in [2.45, 2.75) is 31.2 Å². The number of hydrogen-bond acceptors (Lipinski definition) is 5. The lowest BCUT2D eigenvalue weighted by Gasteiger charge is -2.40. The van der Waals surface area contributed by atoms with E-state index >= 15 is 0 Å². The molecule has 1 saturated carbocycles. The van der Waals surface area contributed by atoms with Crippen molar-refractivity contribution in [2.24, 2.45) is 5.92 Å². The van der Waals surface area contributed by atoms with Gasteiger partial charge in [-0.15, -0.1) is 0 Å². The molecule has 4 rings (SSSR count). The number of halogens is 2. The van der Waals surface area contributed by atoms with Crippen molar-refractivity contribution in [3.63, 3.8) is 0 Å². The van der Waals surface area contributed by atoms with Crippen LogP contribution in [-0.2, 0) is 9.35 Å². The van der Waals surface area contributed by atoms with Gasteiger partial charge >= 0.3 is 0 Å². The Morgan fingerprint density at radius 2 is 2.11 bits per heavy atom. The van der Waals surface area contributed by atoms with Crippen molar-refractivity contribution in [1.82, 2.24) is 10.3 Å². The first kappa shape index (κ1) is 19.5. The van der Waals surface area contributed by atoms with Gasteiger partial charge in [-0.25, -0.2) is 18.0 Å². The van der Waals surface area contributed by atoms with Gasteiger partial charge in [0.05, 0.1) is 25.4 Å². The third kappa shape index (κ3) is 4.43. The van der Waals surface area contributed by atoms with E-state index in [0.29, 0.717) is 24.6 Å². The van der Waals surface area contributed by atoms with Crippen LogP contribution in [0.25, 0.3) is 0 Å². The number of amides is 1. The predicted octanol–water partition coefficient (Wildman–Crippen LogP) is 1.75. The Morgan fingerprint density at radius 3 is 2.68 bits per heavy atom. The lowest BCUT2D eigenvalue weighted by Crippen LogP contribution is -2.56. The van der Waals surface area contributed by atoms with Crippen LogP contribution in [0.15, 0.2) is 12.1 Å². The first-order valence-corrected chi connectivity index (χ1v) is 12.1. The fourth-order valence-electron chi connectivity index (χ4n) is 3.57. The Bertz CT molecular complexity index is 860. The smallest absolute Gasteiger partial charge is 0.282 e. The molecule has 1 aromatic rings. The number of rotatable bonds is 6. The van der Waals surface area contributed by atoms with Crippen LogP contribution < -0.4 is 15.0 Å². The number of nitrogens with one attached hydrogen (secondary N) is 1. The van der Waals surface area contributed by atoms with Gasteiger partial charge in [-0.05, 0) is 37.3 Å². The van der Waals surface area contributed by atoms with E-state index in [1.54, 1.807) is 6.07 Å².